The predicted octanol–water partition coefficient (Wildman–Crippen LogP) is 2.18. The van der Waals surface area contributed by atoms with Gasteiger partial charge in [0.05, 0.1) is 0 Å². The molecule has 0 aliphatic heterocycles. The van der Waals surface area contributed by atoms with Crippen LogP contribution in [0.3, 0.4) is 0 Å². The van der Waals surface area contributed by atoms with Gasteiger partial charge in [-0.1, -0.05) is 12.8 Å². The molecule has 1 aliphatic rings. The Balaban J connectivity index is 1.80. The van der Waals surface area contributed by atoms with Crippen LogP contribution in [0.4, 0.5) is 5.69 Å². The molecule has 1 aliphatic carbocycles. The van der Waals surface area contributed by atoms with Crippen molar-refractivity contribution in [1.29, 1.82) is 0 Å². The van der Waals surface area contributed by atoms with E-state index >= 15 is 0 Å². The first-order chi connectivity index (χ1) is 10.0. The minimum atomic E-state index is -0.478. The van der Waals surface area contributed by atoms with E-state index in [2.05, 4.69) is 10.6 Å². The van der Waals surface area contributed by atoms with Crippen molar-refractivity contribution >= 4 is 34.8 Å². The predicted molar refractivity (Wildman–Crippen MR) is 85.9 cm³/mol. The van der Waals surface area contributed by atoms with Crippen molar-refractivity contribution in [2.24, 2.45) is 11.7 Å². The van der Waals surface area contributed by atoms with Gasteiger partial charge in [0.15, 0.2) is 5.11 Å². The van der Waals surface area contributed by atoms with Crippen LogP contribution in [0.2, 0.25) is 0 Å². The molecule has 0 bridgehead atoms. The van der Waals surface area contributed by atoms with Gasteiger partial charge in [0.2, 0.25) is 11.8 Å². The molecule has 0 radical (unpaired) electrons. The largest absolute Gasteiger partial charge is 0.366 e. The Hall–Kier alpha value is -1.95. The number of anilines is 1. The normalized spacial score (nSPS) is 14.7. The van der Waals surface area contributed by atoms with Crippen molar-refractivity contribution in [1.82, 2.24) is 5.32 Å². The molecule has 0 spiro atoms. The van der Waals surface area contributed by atoms with Crippen LogP contribution in [-0.4, -0.2) is 16.9 Å². The Morgan fingerprint density at radius 1 is 1.19 bits per heavy atom. The van der Waals surface area contributed by atoms with Crippen LogP contribution in [0.15, 0.2) is 24.3 Å². The summed E-state index contributed by atoms with van der Waals surface area (Å²) in [5, 5.41) is 5.86. The molecule has 4 N–H and O–H groups in total. The van der Waals surface area contributed by atoms with Crippen LogP contribution in [0.1, 0.15) is 42.5 Å². The summed E-state index contributed by atoms with van der Waals surface area (Å²) >= 11 is 5.10. The lowest BCUT2D eigenvalue weighted by Crippen LogP contribution is -2.34. The molecule has 21 heavy (non-hydrogen) atoms. The van der Waals surface area contributed by atoms with E-state index in [4.69, 9.17) is 18.0 Å². The SMILES string of the molecule is NC(=O)c1ccc(NC(=S)NC(=O)CC2CCCC2)cc1. The van der Waals surface area contributed by atoms with Gasteiger partial charge in [-0.25, -0.2) is 0 Å². The molecule has 5 nitrogen and oxygen atoms in total. The first-order valence-electron chi connectivity index (χ1n) is 7.05. The summed E-state index contributed by atoms with van der Waals surface area (Å²) in [5.41, 5.74) is 6.29. The fourth-order valence-electron chi connectivity index (χ4n) is 2.53. The lowest BCUT2D eigenvalue weighted by atomic mass is 10.0. The third-order valence-corrected chi connectivity index (χ3v) is 3.83. The average molecular weight is 305 g/mol. The third kappa shape index (κ3) is 4.82. The summed E-state index contributed by atoms with van der Waals surface area (Å²) in [7, 11) is 0. The second-order valence-corrected chi connectivity index (χ2v) is 5.71. The molecule has 0 atom stereocenters. The van der Waals surface area contributed by atoms with E-state index in [9.17, 15) is 9.59 Å². The van der Waals surface area contributed by atoms with Gasteiger partial charge in [0.1, 0.15) is 0 Å². The molecule has 0 aromatic heterocycles. The van der Waals surface area contributed by atoms with Crippen molar-refractivity contribution < 1.29 is 9.59 Å². The van der Waals surface area contributed by atoms with Gasteiger partial charge >= 0.3 is 0 Å². The number of nitrogens with two attached hydrogens (primary N) is 1. The first-order valence-corrected chi connectivity index (χ1v) is 7.46. The van der Waals surface area contributed by atoms with E-state index in [0.29, 0.717) is 23.6 Å². The zero-order valence-electron chi connectivity index (χ0n) is 11.7. The van der Waals surface area contributed by atoms with Crippen molar-refractivity contribution in [2.75, 3.05) is 5.32 Å². The van der Waals surface area contributed by atoms with E-state index < -0.39 is 5.91 Å². The summed E-state index contributed by atoms with van der Waals surface area (Å²) in [6.07, 6.45) is 5.21. The van der Waals surface area contributed by atoms with Gasteiger partial charge in [-0.2, -0.15) is 0 Å². The highest BCUT2D eigenvalue weighted by atomic mass is 32.1. The van der Waals surface area contributed by atoms with Crippen molar-refractivity contribution in [2.45, 2.75) is 32.1 Å². The Bertz CT molecular complexity index is 536. The standard InChI is InChI=1S/C15H19N3O2S/c16-14(20)11-5-7-12(8-6-11)17-15(21)18-13(19)9-10-3-1-2-4-10/h5-8,10H,1-4,9H2,(H2,16,20)(H2,17,18,19,21). The molecule has 112 valence electrons. The summed E-state index contributed by atoms with van der Waals surface area (Å²) in [6, 6.07) is 6.59. The fraction of sp³-hybridized carbons (Fsp3) is 0.400. The Labute approximate surface area is 129 Å². The minimum absolute atomic E-state index is 0.0480. The molecular weight excluding hydrogens is 286 g/mol. The number of amides is 2. The second kappa shape index (κ2) is 7.17. The second-order valence-electron chi connectivity index (χ2n) is 5.30. The minimum Gasteiger partial charge on any atom is -0.366 e. The van der Waals surface area contributed by atoms with E-state index in [1.54, 1.807) is 24.3 Å². The number of rotatable bonds is 4. The van der Waals surface area contributed by atoms with Crippen LogP contribution >= 0.6 is 12.2 Å². The number of thiocarbonyl (C=S) groups is 1. The molecule has 0 unspecified atom stereocenters. The van der Waals surface area contributed by atoms with Crippen molar-refractivity contribution in [3.05, 3.63) is 29.8 Å². The lowest BCUT2D eigenvalue weighted by Gasteiger charge is -2.12. The van der Waals surface area contributed by atoms with Gasteiger partial charge in [0, 0.05) is 17.7 Å². The molecule has 2 amide bonds. The number of hydrogen-bond acceptors (Lipinski definition) is 3. The highest BCUT2D eigenvalue weighted by Gasteiger charge is 2.18. The molecule has 1 saturated carbocycles. The van der Waals surface area contributed by atoms with Crippen molar-refractivity contribution in [3.63, 3.8) is 0 Å². The number of benzene rings is 1. The summed E-state index contributed by atoms with van der Waals surface area (Å²) in [5.74, 6) is -0.0372. The monoisotopic (exact) mass is 305 g/mol. The van der Waals surface area contributed by atoms with Gasteiger partial charge in [-0.3, -0.25) is 9.59 Å². The topological polar surface area (TPSA) is 84.2 Å². The number of primary amides is 1. The Morgan fingerprint density at radius 3 is 2.38 bits per heavy atom. The van der Waals surface area contributed by atoms with Gasteiger partial charge in [-0.05, 0) is 55.2 Å². The Morgan fingerprint density at radius 2 is 1.81 bits per heavy atom. The smallest absolute Gasteiger partial charge is 0.248 e. The van der Waals surface area contributed by atoms with Crippen molar-refractivity contribution in [3.8, 4) is 0 Å². The molecule has 1 aromatic carbocycles. The van der Waals surface area contributed by atoms with Crippen LogP contribution in [0.5, 0.6) is 0 Å². The molecule has 0 heterocycles. The first kappa shape index (κ1) is 15.4. The number of hydrogen-bond donors (Lipinski definition) is 3. The molecule has 0 saturated heterocycles. The van der Waals surface area contributed by atoms with Gasteiger partial charge < -0.3 is 16.4 Å². The lowest BCUT2D eigenvalue weighted by molar-refractivity contribution is -0.120. The highest BCUT2D eigenvalue weighted by Crippen LogP contribution is 2.27. The maximum absolute atomic E-state index is 11.8. The summed E-state index contributed by atoms with van der Waals surface area (Å²) < 4.78 is 0. The van der Waals surface area contributed by atoms with Crippen LogP contribution in [-0.2, 0) is 4.79 Å². The maximum atomic E-state index is 11.8. The van der Waals surface area contributed by atoms with Crippen LogP contribution in [0, 0.1) is 5.92 Å². The zero-order chi connectivity index (χ0) is 15.2. The van der Waals surface area contributed by atoms with Gasteiger partial charge in [0.25, 0.3) is 0 Å². The maximum Gasteiger partial charge on any atom is 0.248 e. The van der Waals surface area contributed by atoms with Crippen LogP contribution in [0.25, 0.3) is 0 Å². The molecular formula is C15H19N3O2S. The third-order valence-electron chi connectivity index (χ3n) is 3.63. The summed E-state index contributed by atoms with van der Waals surface area (Å²) in [4.78, 5) is 22.8. The molecule has 2 rings (SSSR count). The molecule has 6 heteroatoms. The number of carbonyl (C=O) groups is 2. The van der Waals surface area contributed by atoms with Crippen LogP contribution < -0.4 is 16.4 Å². The number of carbonyl (C=O) groups excluding carboxylic acids is 2. The zero-order valence-corrected chi connectivity index (χ0v) is 12.5. The van der Waals surface area contributed by atoms with E-state index in [-0.39, 0.29) is 11.0 Å². The number of nitrogens with one attached hydrogen (secondary N) is 2. The summed E-state index contributed by atoms with van der Waals surface area (Å²) in [6.45, 7) is 0. The van der Waals surface area contributed by atoms with E-state index in [0.717, 1.165) is 12.8 Å². The quantitative estimate of drug-likeness (QED) is 0.744. The van der Waals surface area contributed by atoms with E-state index in [1.165, 1.54) is 12.8 Å². The highest BCUT2D eigenvalue weighted by molar-refractivity contribution is 7.80. The molecule has 1 fully saturated rings. The fourth-order valence-corrected chi connectivity index (χ4v) is 2.77. The molecule has 1 aromatic rings. The Kier molecular flexibility index (Phi) is 5.27. The van der Waals surface area contributed by atoms with Gasteiger partial charge in [-0.15, -0.1) is 0 Å². The average Bonchev–Trinajstić information content (AvgIpc) is 2.91. The van der Waals surface area contributed by atoms with E-state index in [1.807, 2.05) is 0 Å².